The summed E-state index contributed by atoms with van der Waals surface area (Å²) in [5.74, 6) is 0. The fraction of sp³-hybridized carbons (Fsp3) is 0.857. The summed E-state index contributed by atoms with van der Waals surface area (Å²) in [6, 6.07) is -0.207. The summed E-state index contributed by atoms with van der Waals surface area (Å²) in [4.78, 5) is 10.1. The number of nitrogens with one attached hydrogen (secondary N) is 1. The molecule has 0 aromatic carbocycles. The van der Waals surface area contributed by atoms with Crippen LogP contribution in [0.2, 0.25) is 0 Å². The minimum atomic E-state index is -1.05. The molecule has 1 atom stereocenters. The second kappa shape index (κ2) is 6.87. The molecule has 0 aromatic heterocycles. The summed E-state index contributed by atoms with van der Waals surface area (Å²) in [5.41, 5.74) is 0. The molecule has 0 saturated carbocycles. The molecular formula is C7H15NO4. The van der Waals surface area contributed by atoms with Gasteiger partial charge in [-0.1, -0.05) is 0 Å². The number of carboxylic acid groups (broad SMARTS) is 1. The SMILES string of the molecule is CC(COCCCO)NC(=O)O. The average Bonchev–Trinajstić information content (AvgIpc) is 1.97. The van der Waals surface area contributed by atoms with Crippen molar-refractivity contribution in [2.75, 3.05) is 19.8 Å². The van der Waals surface area contributed by atoms with Crippen molar-refractivity contribution in [3.8, 4) is 0 Å². The highest BCUT2D eigenvalue weighted by Gasteiger charge is 2.03. The van der Waals surface area contributed by atoms with E-state index in [9.17, 15) is 4.79 Å². The Morgan fingerprint density at radius 3 is 2.83 bits per heavy atom. The molecule has 0 bridgehead atoms. The standard InChI is InChI=1S/C7H15NO4/c1-6(8-7(10)11)5-12-4-2-3-9/h6,8-9H,2-5H2,1H3,(H,10,11). The number of aliphatic hydroxyl groups is 1. The number of aliphatic hydroxyl groups excluding tert-OH is 1. The molecule has 72 valence electrons. The van der Waals surface area contributed by atoms with Crippen LogP contribution < -0.4 is 5.32 Å². The zero-order chi connectivity index (χ0) is 9.40. The molecule has 0 rings (SSSR count). The van der Waals surface area contributed by atoms with E-state index in [0.29, 0.717) is 19.6 Å². The van der Waals surface area contributed by atoms with Crippen LogP contribution in [0, 0.1) is 0 Å². The van der Waals surface area contributed by atoms with Gasteiger partial charge in [0, 0.05) is 13.2 Å². The van der Waals surface area contributed by atoms with Crippen LogP contribution in [0.5, 0.6) is 0 Å². The van der Waals surface area contributed by atoms with Gasteiger partial charge in [0.25, 0.3) is 0 Å². The molecule has 0 saturated heterocycles. The van der Waals surface area contributed by atoms with Gasteiger partial charge in [-0.15, -0.1) is 0 Å². The first-order valence-corrected chi connectivity index (χ1v) is 3.85. The van der Waals surface area contributed by atoms with Gasteiger partial charge in [0.1, 0.15) is 0 Å². The topological polar surface area (TPSA) is 78.8 Å². The zero-order valence-electron chi connectivity index (χ0n) is 7.12. The summed E-state index contributed by atoms with van der Waals surface area (Å²) in [6.07, 6.45) is -0.465. The van der Waals surface area contributed by atoms with Crippen molar-refractivity contribution >= 4 is 6.09 Å². The molecule has 0 aromatic rings. The fourth-order valence-electron chi connectivity index (χ4n) is 0.679. The Morgan fingerprint density at radius 2 is 2.33 bits per heavy atom. The molecule has 1 amide bonds. The molecule has 0 spiro atoms. The molecule has 0 radical (unpaired) electrons. The van der Waals surface area contributed by atoms with Crippen molar-refractivity contribution in [1.29, 1.82) is 0 Å². The Kier molecular flexibility index (Phi) is 6.41. The van der Waals surface area contributed by atoms with Crippen LogP contribution in [0.1, 0.15) is 13.3 Å². The lowest BCUT2D eigenvalue weighted by Gasteiger charge is -2.10. The Hall–Kier alpha value is -0.810. The van der Waals surface area contributed by atoms with E-state index < -0.39 is 6.09 Å². The van der Waals surface area contributed by atoms with Crippen LogP contribution in [0.25, 0.3) is 0 Å². The van der Waals surface area contributed by atoms with Gasteiger partial charge in [-0.25, -0.2) is 4.79 Å². The number of ether oxygens (including phenoxy) is 1. The molecule has 0 aliphatic heterocycles. The van der Waals surface area contributed by atoms with Gasteiger partial charge in [-0.2, -0.15) is 0 Å². The zero-order valence-corrected chi connectivity index (χ0v) is 7.12. The first kappa shape index (κ1) is 11.2. The minimum Gasteiger partial charge on any atom is -0.465 e. The Bertz CT molecular complexity index is 129. The maximum Gasteiger partial charge on any atom is 0.404 e. The molecule has 1 unspecified atom stereocenters. The summed E-state index contributed by atoms with van der Waals surface area (Å²) in [7, 11) is 0. The van der Waals surface area contributed by atoms with Gasteiger partial charge in [-0.3, -0.25) is 0 Å². The highest BCUT2D eigenvalue weighted by atomic mass is 16.5. The smallest absolute Gasteiger partial charge is 0.404 e. The maximum atomic E-state index is 10.1. The predicted molar refractivity (Wildman–Crippen MR) is 43.1 cm³/mol. The highest BCUT2D eigenvalue weighted by Crippen LogP contribution is 1.86. The first-order valence-electron chi connectivity index (χ1n) is 3.85. The van der Waals surface area contributed by atoms with Gasteiger partial charge in [0.15, 0.2) is 0 Å². The lowest BCUT2D eigenvalue weighted by atomic mass is 10.4. The third-order valence-electron chi connectivity index (χ3n) is 1.18. The lowest BCUT2D eigenvalue weighted by Crippen LogP contribution is -2.34. The van der Waals surface area contributed by atoms with Gasteiger partial charge in [-0.05, 0) is 13.3 Å². The van der Waals surface area contributed by atoms with Crippen molar-refractivity contribution in [3.63, 3.8) is 0 Å². The van der Waals surface area contributed by atoms with E-state index in [0.717, 1.165) is 0 Å². The van der Waals surface area contributed by atoms with Crippen LogP contribution in [0.3, 0.4) is 0 Å². The van der Waals surface area contributed by atoms with Gasteiger partial charge in [0.2, 0.25) is 0 Å². The van der Waals surface area contributed by atoms with Crippen LogP contribution in [0.15, 0.2) is 0 Å². The number of carbonyl (C=O) groups is 1. The molecule has 0 aliphatic rings. The lowest BCUT2D eigenvalue weighted by molar-refractivity contribution is 0.0986. The van der Waals surface area contributed by atoms with E-state index in [-0.39, 0.29) is 12.6 Å². The first-order chi connectivity index (χ1) is 5.66. The quantitative estimate of drug-likeness (QED) is 0.500. The number of amides is 1. The van der Waals surface area contributed by atoms with Crippen LogP contribution in [-0.4, -0.2) is 42.2 Å². The number of hydrogen-bond acceptors (Lipinski definition) is 3. The predicted octanol–water partition coefficient (Wildman–Crippen LogP) is 0.0415. The summed E-state index contributed by atoms with van der Waals surface area (Å²) in [5, 5.41) is 18.9. The minimum absolute atomic E-state index is 0.0980. The third kappa shape index (κ3) is 7.30. The van der Waals surface area contributed by atoms with E-state index in [4.69, 9.17) is 14.9 Å². The van der Waals surface area contributed by atoms with Gasteiger partial charge < -0.3 is 20.3 Å². The van der Waals surface area contributed by atoms with Crippen molar-refractivity contribution in [2.45, 2.75) is 19.4 Å². The van der Waals surface area contributed by atoms with E-state index >= 15 is 0 Å². The largest absolute Gasteiger partial charge is 0.465 e. The summed E-state index contributed by atoms with van der Waals surface area (Å²) in [6.45, 7) is 2.61. The summed E-state index contributed by atoms with van der Waals surface area (Å²) >= 11 is 0. The van der Waals surface area contributed by atoms with Crippen molar-refractivity contribution in [1.82, 2.24) is 5.32 Å². The molecule has 5 nitrogen and oxygen atoms in total. The van der Waals surface area contributed by atoms with E-state index in [1.807, 2.05) is 0 Å². The Labute approximate surface area is 71.3 Å². The molecular weight excluding hydrogens is 162 g/mol. The van der Waals surface area contributed by atoms with Crippen LogP contribution in [0.4, 0.5) is 4.79 Å². The Morgan fingerprint density at radius 1 is 1.67 bits per heavy atom. The normalized spacial score (nSPS) is 12.5. The summed E-state index contributed by atoms with van der Waals surface area (Å²) < 4.78 is 5.05. The van der Waals surface area contributed by atoms with Crippen molar-refractivity contribution in [2.24, 2.45) is 0 Å². The van der Waals surface area contributed by atoms with Crippen LogP contribution >= 0.6 is 0 Å². The van der Waals surface area contributed by atoms with E-state index in [2.05, 4.69) is 5.32 Å². The molecule has 5 heteroatoms. The second-order valence-corrected chi connectivity index (χ2v) is 2.50. The molecule has 3 N–H and O–H groups in total. The van der Waals surface area contributed by atoms with Crippen LogP contribution in [-0.2, 0) is 4.74 Å². The fourth-order valence-corrected chi connectivity index (χ4v) is 0.679. The monoisotopic (exact) mass is 177 g/mol. The van der Waals surface area contributed by atoms with Crippen molar-refractivity contribution in [3.05, 3.63) is 0 Å². The molecule has 0 heterocycles. The van der Waals surface area contributed by atoms with Crippen molar-refractivity contribution < 1.29 is 19.7 Å². The van der Waals surface area contributed by atoms with E-state index in [1.165, 1.54) is 0 Å². The third-order valence-corrected chi connectivity index (χ3v) is 1.18. The highest BCUT2D eigenvalue weighted by molar-refractivity contribution is 5.64. The van der Waals surface area contributed by atoms with Gasteiger partial charge in [0.05, 0.1) is 12.6 Å². The average molecular weight is 177 g/mol. The molecule has 12 heavy (non-hydrogen) atoms. The number of hydrogen-bond donors (Lipinski definition) is 3. The number of rotatable bonds is 6. The Balaban J connectivity index is 3.19. The van der Waals surface area contributed by atoms with Gasteiger partial charge >= 0.3 is 6.09 Å². The van der Waals surface area contributed by atoms with E-state index in [1.54, 1.807) is 6.92 Å². The molecule has 0 aliphatic carbocycles. The second-order valence-electron chi connectivity index (χ2n) is 2.50. The molecule has 0 fully saturated rings. The maximum absolute atomic E-state index is 10.1.